The zero-order chi connectivity index (χ0) is 13.8. The normalized spacial score (nSPS) is 24.1. The van der Waals surface area contributed by atoms with Gasteiger partial charge in [-0.05, 0) is 12.1 Å². The van der Waals surface area contributed by atoms with Crippen molar-refractivity contribution in [3.63, 3.8) is 0 Å². The molecule has 0 saturated carbocycles. The van der Waals surface area contributed by atoms with Crippen molar-refractivity contribution in [2.75, 3.05) is 56.4 Å². The lowest BCUT2D eigenvalue weighted by Gasteiger charge is -2.37. The topological polar surface area (TPSA) is 27.7 Å². The van der Waals surface area contributed by atoms with Crippen molar-refractivity contribution in [2.45, 2.75) is 6.04 Å². The van der Waals surface area contributed by atoms with Crippen molar-refractivity contribution < 1.29 is 4.74 Å². The average molecular weight is 293 g/mol. The Bertz CT molecular complexity index is 429. The summed E-state index contributed by atoms with van der Waals surface area (Å²) >= 11 is 2.01. The Morgan fingerprint density at radius 2 is 2.05 bits per heavy atom. The van der Waals surface area contributed by atoms with Gasteiger partial charge in [-0.2, -0.15) is 0 Å². The molecular formula is C15H23N3OS. The fraction of sp³-hybridized carbons (Fsp3) is 0.600. The molecule has 0 amide bonds. The van der Waals surface area contributed by atoms with Crippen LogP contribution in [0.4, 0.5) is 5.69 Å². The van der Waals surface area contributed by atoms with Gasteiger partial charge in [0.05, 0.1) is 12.8 Å². The van der Waals surface area contributed by atoms with Gasteiger partial charge in [0.15, 0.2) is 0 Å². The van der Waals surface area contributed by atoms with E-state index in [1.807, 2.05) is 23.9 Å². The van der Waals surface area contributed by atoms with Crippen LogP contribution in [0.2, 0.25) is 0 Å². The molecule has 0 aromatic heterocycles. The number of para-hydroxylation sites is 2. The van der Waals surface area contributed by atoms with E-state index in [9.17, 15) is 0 Å². The maximum Gasteiger partial charge on any atom is 0.142 e. The maximum atomic E-state index is 5.46. The second-order valence-corrected chi connectivity index (χ2v) is 6.41. The number of thioether (sulfide) groups is 1. The summed E-state index contributed by atoms with van der Waals surface area (Å²) in [4.78, 5) is 5.02. The van der Waals surface area contributed by atoms with E-state index in [1.54, 1.807) is 7.11 Å². The molecule has 2 aliphatic rings. The van der Waals surface area contributed by atoms with Gasteiger partial charge >= 0.3 is 0 Å². The lowest BCUT2D eigenvalue weighted by molar-refractivity contribution is 0.239. The van der Waals surface area contributed by atoms with E-state index in [0.29, 0.717) is 6.04 Å². The first-order valence-corrected chi connectivity index (χ1v) is 8.44. The number of anilines is 1. The number of methoxy groups -OCH3 is 1. The summed E-state index contributed by atoms with van der Waals surface area (Å²) in [6.45, 7) is 5.63. The van der Waals surface area contributed by atoms with Crippen molar-refractivity contribution in [1.82, 2.24) is 10.2 Å². The van der Waals surface area contributed by atoms with E-state index in [-0.39, 0.29) is 0 Å². The Labute approximate surface area is 125 Å². The molecule has 0 aliphatic carbocycles. The highest BCUT2D eigenvalue weighted by molar-refractivity contribution is 7.99. The molecule has 2 saturated heterocycles. The van der Waals surface area contributed by atoms with E-state index in [2.05, 4.69) is 27.2 Å². The third kappa shape index (κ3) is 3.22. The summed E-state index contributed by atoms with van der Waals surface area (Å²) < 4.78 is 5.46. The maximum absolute atomic E-state index is 5.46. The summed E-state index contributed by atoms with van der Waals surface area (Å²) in [7, 11) is 1.75. The zero-order valence-electron chi connectivity index (χ0n) is 12.0. The molecule has 110 valence electrons. The number of hydrogen-bond donors (Lipinski definition) is 1. The van der Waals surface area contributed by atoms with Crippen molar-refractivity contribution in [3.05, 3.63) is 24.3 Å². The minimum absolute atomic E-state index is 0.679. The van der Waals surface area contributed by atoms with Crippen LogP contribution >= 0.6 is 11.8 Å². The average Bonchev–Trinajstić information content (AvgIpc) is 3.01. The van der Waals surface area contributed by atoms with Crippen LogP contribution in [0.15, 0.2) is 24.3 Å². The molecule has 2 heterocycles. The largest absolute Gasteiger partial charge is 0.495 e. The van der Waals surface area contributed by atoms with Gasteiger partial charge in [0, 0.05) is 50.4 Å². The summed E-state index contributed by atoms with van der Waals surface area (Å²) in [6.07, 6.45) is 0. The number of benzene rings is 1. The third-order valence-electron chi connectivity index (χ3n) is 4.07. The second-order valence-electron chi connectivity index (χ2n) is 5.38. The highest BCUT2D eigenvalue weighted by Gasteiger charge is 2.23. The fourth-order valence-corrected chi connectivity index (χ4v) is 3.91. The molecule has 3 rings (SSSR count). The van der Waals surface area contributed by atoms with E-state index >= 15 is 0 Å². The minimum atomic E-state index is 0.679. The van der Waals surface area contributed by atoms with Crippen LogP contribution < -0.4 is 15.0 Å². The lowest BCUT2D eigenvalue weighted by atomic mass is 10.2. The monoisotopic (exact) mass is 293 g/mol. The number of rotatable bonds is 4. The van der Waals surface area contributed by atoms with E-state index < -0.39 is 0 Å². The van der Waals surface area contributed by atoms with Crippen LogP contribution in [-0.4, -0.2) is 62.4 Å². The first-order chi connectivity index (χ1) is 9.86. The van der Waals surface area contributed by atoms with Crippen molar-refractivity contribution in [2.24, 2.45) is 0 Å². The zero-order valence-corrected chi connectivity index (χ0v) is 12.9. The van der Waals surface area contributed by atoms with Gasteiger partial charge in [0.25, 0.3) is 0 Å². The Hall–Kier alpha value is -0.910. The van der Waals surface area contributed by atoms with Crippen LogP contribution in [0.5, 0.6) is 5.75 Å². The van der Waals surface area contributed by atoms with Crippen LogP contribution in [0.1, 0.15) is 0 Å². The number of hydrogen-bond acceptors (Lipinski definition) is 5. The Balaban J connectivity index is 1.55. The Morgan fingerprint density at radius 3 is 2.75 bits per heavy atom. The van der Waals surface area contributed by atoms with Gasteiger partial charge in [-0.1, -0.05) is 12.1 Å². The highest BCUT2D eigenvalue weighted by atomic mass is 32.2. The molecule has 1 N–H and O–H groups in total. The van der Waals surface area contributed by atoms with Crippen LogP contribution in [0.3, 0.4) is 0 Å². The first kappa shape index (κ1) is 14.0. The van der Waals surface area contributed by atoms with Crippen LogP contribution in [-0.2, 0) is 0 Å². The quantitative estimate of drug-likeness (QED) is 0.908. The lowest BCUT2D eigenvalue weighted by Crippen LogP contribution is -2.50. The molecule has 4 nitrogen and oxygen atoms in total. The number of ether oxygens (including phenoxy) is 1. The fourth-order valence-electron chi connectivity index (χ4n) is 2.93. The summed E-state index contributed by atoms with van der Waals surface area (Å²) in [5, 5.41) is 3.55. The molecule has 2 fully saturated rings. The molecule has 1 aromatic carbocycles. The summed E-state index contributed by atoms with van der Waals surface area (Å²) in [6, 6.07) is 8.99. The standard InChI is InChI=1S/C15H23N3OS/c1-19-15-5-3-2-4-14(15)18-8-6-17(7-9-18)10-13-11-20-12-16-13/h2-5,13,16H,6-12H2,1H3. The van der Waals surface area contributed by atoms with Gasteiger partial charge in [0.1, 0.15) is 5.75 Å². The predicted molar refractivity (Wildman–Crippen MR) is 85.9 cm³/mol. The van der Waals surface area contributed by atoms with Crippen LogP contribution in [0, 0.1) is 0 Å². The van der Waals surface area contributed by atoms with Gasteiger partial charge in [-0.3, -0.25) is 4.90 Å². The molecule has 1 atom stereocenters. The first-order valence-electron chi connectivity index (χ1n) is 7.28. The molecule has 20 heavy (non-hydrogen) atoms. The Morgan fingerprint density at radius 1 is 1.25 bits per heavy atom. The highest BCUT2D eigenvalue weighted by Crippen LogP contribution is 2.28. The third-order valence-corrected chi connectivity index (χ3v) is 5.08. The molecule has 5 heteroatoms. The molecule has 0 radical (unpaired) electrons. The minimum Gasteiger partial charge on any atom is -0.495 e. The van der Waals surface area contributed by atoms with Gasteiger partial charge in [-0.25, -0.2) is 0 Å². The number of piperazine rings is 1. The SMILES string of the molecule is COc1ccccc1N1CCN(CC2CSCN2)CC1. The van der Waals surface area contributed by atoms with E-state index in [4.69, 9.17) is 4.74 Å². The van der Waals surface area contributed by atoms with Gasteiger partial charge < -0.3 is 15.0 Å². The number of nitrogens with one attached hydrogen (secondary N) is 1. The molecule has 2 aliphatic heterocycles. The van der Waals surface area contributed by atoms with Gasteiger partial charge in [0.2, 0.25) is 0 Å². The molecule has 1 aromatic rings. The molecule has 0 spiro atoms. The summed E-state index contributed by atoms with van der Waals surface area (Å²) in [5.41, 5.74) is 1.23. The van der Waals surface area contributed by atoms with E-state index in [1.165, 1.54) is 18.0 Å². The van der Waals surface area contributed by atoms with Crippen LogP contribution in [0.25, 0.3) is 0 Å². The smallest absolute Gasteiger partial charge is 0.142 e. The molecular weight excluding hydrogens is 270 g/mol. The van der Waals surface area contributed by atoms with E-state index in [0.717, 1.165) is 37.8 Å². The molecule has 1 unspecified atom stereocenters. The summed E-state index contributed by atoms with van der Waals surface area (Å²) in [5.74, 6) is 3.35. The van der Waals surface area contributed by atoms with Gasteiger partial charge in [-0.15, -0.1) is 11.8 Å². The predicted octanol–water partition coefficient (Wildman–Crippen LogP) is 1.48. The Kier molecular flexibility index (Phi) is 4.70. The van der Waals surface area contributed by atoms with Crippen molar-refractivity contribution in [1.29, 1.82) is 0 Å². The van der Waals surface area contributed by atoms with Crippen molar-refractivity contribution in [3.8, 4) is 5.75 Å². The molecule has 0 bridgehead atoms. The second kappa shape index (κ2) is 6.70. The number of nitrogens with zero attached hydrogens (tertiary/aromatic N) is 2. The van der Waals surface area contributed by atoms with Crippen molar-refractivity contribution >= 4 is 17.4 Å².